The number of nitrogens with zero attached hydrogens (tertiary/aromatic N) is 2. The van der Waals surface area contributed by atoms with Crippen molar-refractivity contribution in [2.45, 2.75) is 39.5 Å². The van der Waals surface area contributed by atoms with Gasteiger partial charge in [-0.3, -0.25) is 14.2 Å². The maximum Gasteiger partial charge on any atom is 0.416 e. The van der Waals surface area contributed by atoms with Crippen molar-refractivity contribution in [1.82, 2.24) is 14.9 Å². The van der Waals surface area contributed by atoms with Gasteiger partial charge in [-0.25, -0.2) is 4.98 Å². The van der Waals surface area contributed by atoms with Gasteiger partial charge in [0.2, 0.25) is 5.91 Å². The summed E-state index contributed by atoms with van der Waals surface area (Å²) in [4.78, 5) is 30.1. The Labute approximate surface area is 188 Å². The summed E-state index contributed by atoms with van der Waals surface area (Å²) < 4.78 is 39.9. The summed E-state index contributed by atoms with van der Waals surface area (Å²) in [6.07, 6.45) is -4.45. The van der Waals surface area contributed by atoms with Crippen LogP contribution in [-0.2, 0) is 30.5 Å². The van der Waals surface area contributed by atoms with Gasteiger partial charge in [0.1, 0.15) is 12.4 Å². The minimum Gasteiger partial charge on any atom is -0.396 e. The summed E-state index contributed by atoms with van der Waals surface area (Å²) in [6.45, 7) is 3.14. The fraction of sp³-hybridized carbons (Fsp3) is 0.292. The molecule has 0 aliphatic rings. The average molecular weight is 459 g/mol. The van der Waals surface area contributed by atoms with Crippen molar-refractivity contribution in [2.75, 3.05) is 6.61 Å². The molecular weight excluding hydrogens is 435 g/mol. The van der Waals surface area contributed by atoms with Crippen molar-refractivity contribution >= 4 is 5.91 Å². The minimum atomic E-state index is -4.50. The molecule has 0 fully saturated rings. The van der Waals surface area contributed by atoms with Crippen LogP contribution in [0.3, 0.4) is 0 Å². The van der Waals surface area contributed by atoms with Crippen LogP contribution in [0.1, 0.15) is 27.9 Å². The van der Waals surface area contributed by atoms with Crippen LogP contribution in [0, 0.1) is 13.8 Å². The van der Waals surface area contributed by atoms with E-state index in [0.29, 0.717) is 5.69 Å². The van der Waals surface area contributed by atoms with Gasteiger partial charge in [-0.2, -0.15) is 13.2 Å². The Kier molecular flexibility index (Phi) is 7.33. The highest BCUT2D eigenvalue weighted by Gasteiger charge is 2.30. The molecule has 1 heterocycles. The molecule has 1 aromatic heterocycles. The molecule has 0 bridgehead atoms. The number of hydrogen-bond acceptors (Lipinski definition) is 4. The van der Waals surface area contributed by atoms with Crippen LogP contribution >= 0.6 is 0 Å². The lowest BCUT2D eigenvalue weighted by Crippen LogP contribution is -2.35. The number of carbonyl (C=O) groups is 1. The number of carbonyl (C=O) groups excluding carboxylic acids is 1. The van der Waals surface area contributed by atoms with Gasteiger partial charge >= 0.3 is 6.18 Å². The second-order valence-electron chi connectivity index (χ2n) is 7.70. The van der Waals surface area contributed by atoms with Crippen molar-refractivity contribution in [3.05, 3.63) is 86.8 Å². The number of nitrogens with one attached hydrogen (secondary N) is 1. The highest BCUT2D eigenvalue weighted by molar-refractivity contribution is 5.76. The van der Waals surface area contributed by atoms with Crippen LogP contribution < -0.4 is 10.9 Å². The van der Waals surface area contributed by atoms with Gasteiger partial charge in [-0.05, 0) is 31.5 Å². The van der Waals surface area contributed by atoms with E-state index in [2.05, 4.69) is 10.3 Å². The Morgan fingerprint density at radius 1 is 1.06 bits per heavy atom. The Bertz CT molecular complexity index is 1190. The molecule has 0 radical (unpaired) electrons. The molecule has 3 aromatic rings. The van der Waals surface area contributed by atoms with E-state index in [4.69, 9.17) is 0 Å². The predicted molar refractivity (Wildman–Crippen MR) is 117 cm³/mol. The second kappa shape index (κ2) is 9.99. The van der Waals surface area contributed by atoms with Gasteiger partial charge in [0.05, 0.1) is 5.56 Å². The van der Waals surface area contributed by atoms with E-state index in [0.717, 1.165) is 27.8 Å². The lowest BCUT2D eigenvalue weighted by atomic mass is 10.1. The molecule has 6 nitrogen and oxygen atoms in total. The zero-order valence-electron chi connectivity index (χ0n) is 18.2. The monoisotopic (exact) mass is 459 g/mol. The van der Waals surface area contributed by atoms with E-state index >= 15 is 0 Å². The Morgan fingerprint density at radius 3 is 2.27 bits per heavy atom. The summed E-state index contributed by atoms with van der Waals surface area (Å²) in [5.41, 5.74) is 1.48. The topological polar surface area (TPSA) is 84.2 Å². The number of alkyl halides is 3. The van der Waals surface area contributed by atoms with Gasteiger partial charge in [0.25, 0.3) is 5.56 Å². The number of benzene rings is 2. The van der Waals surface area contributed by atoms with E-state index < -0.39 is 23.2 Å². The number of aliphatic hydroxyl groups excluding tert-OH is 1. The first-order valence-corrected chi connectivity index (χ1v) is 10.3. The van der Waals surface area contributed by atoms with Crippen LogP contribution in [0.4, 0.5) is 13.2 Å². The SMILES string of the molecule is Cc1ccc(CNC(=O)Cn2c(-c3ccc(C(F)(F)F)cc3)nc(C)c(CCO)c2=O)cc1. The molecule has 1 amide bonds. The van der Waals surface area contributed by atoms with Crippen molar-refractivity contribution in [3.63, 3.8) is 0 Å². The lowest BCUT2D eigenvalue weighted by molar-refractivity contribution is -0.137. The Morgan fingerprint density at radius 2 is 1.70 bits per heavy atom. The largest absolute Gasteiger partial charge is 0.416 e. The zero-order chi connectivity index (χ0) is 24.2. The van der Waals surface area contributed by atoms with Crippen molar-refractivity contribution in [3.8, 4) is 11.4 Å². The molecule has 0 unspecified atom stereocenters. The first-order valence-electron chi connectivity index (χ1n) is 10.3. The third kappa shape index (κ3) is 5.87. The first-order chi connectivity index (χ1) is 15.6. The molecule has 0 spiro atoms. The molecule has 0 saturated heterocycles. The van der Waals surface area contributed by atoms with Gasteiger partial charge in [-0.1, -0.05) is 42.0 Å². The number of rotatable bonds is 7. The second-order valence-corrected chi connectivity index (χ2v) is 7.70. The maximum atomic E-state index is 13.1. The highest BCUT2D eigenvalue weighted by atomic mass is 19.4. The summed E-state index contributed by atoms with van der Waals surface area (Å²) in [7, 11) is 0. The zero-order valence-corrected chi connectivity index (χ0v) is 18.2. The van der Waals surface area contributed by atoms with E-state index in [9.17, 15) is 27.9 Å². The quantitative estimate of drug-likeness (QED) is 0.567. The van der Waals surface area contributed by atoms with E-state index in [1.807, 2.05) is 31.2 Å². The third-order valence-corrected chi connectivity index (χ3v) is 5.21. The molecule has 174 valence electrons. The number of aryl methyl sites for hydroxylation is 2. The maximum absolute atomic E-state index is 13.1. The molecular formula is C24H24F3N3O3. The van der Waals surface area contributed by atoms with Crippen LogP contribution in [-0.4, -0.2) is 27.2 Å². The molecule has 3 rings (SSSR count). The fourth-order valence-corrected chi connectivity index (χ4v) is 3.38. The number of hydrogen-bond donors (Lipinski definition) is 2. The highest BCUT2D eigenvalue weighted by Crippen LogP contribution is 2.30. The average Bonchev–Trinajstić information content (AvgIpc) is 2.77. The summed E-state index contributed by atoms with van der Waals surface area (Å²) in [5, 5.41) is 12.0. The van der Waals surface area contributed by atoms with E-state index in [1.54, 1.807) is 6.92 Å². The van der Waals surface area contributed by atoms with E-state index in [1.165, 1.54) is 12.1 Å². The van der Waals surface area contributed by atoms with Gasteiger partial charge in [0.15, 0.2) is 0 Å². The smallest absolute Gasteiger partial charge is 0.396 e. The lowest BCUT2D eigenvalue weighted by Gasteiger charge is -2.16. The van der Waals surface area contributed by atoms with Crippen molar-refractivity contribution in [1.29, 1.82) is 0 Å². The molecule has 0 aliphatic carbocycles. The van der Waals surface area contributed by atoms with E-state index in [-0.39, 0.29) is 43.1 Å². The van der Waals surface area contributed by atoms with Gasteiger partial charge in [-0.15, -0.1) is 0 Å². The molecule has 33 heavy (non-hydrogen) atoms. The molecule has 0 saturated carbocycles. The normalized spacial score (nSPS) is 11.5. The number of aromatic nitrogens is 2. The third-order valence-electron chi connectivity index (χ3n) is 5.21. The summed E-state index contributed by atoms with van der Waals surface area (Å²) in [5.74, 6) is -0.371. The predicted octanol–water partition coefficient (Wildman–Crippen LogP) is 3.40. The molecule has 0 atom stereocenters. The standard InChI is InChI=1S/C24H24F3N3O3/c1-15-3-5-17(6-4-15)13-28-21(32)14-30-22(29-16(2)20(11-12-31)23(30)33)18-7-9-19(10-8-18)24(25,26)27/h3-10,31H,11-14H2,1-2H3,(H,28,32). The van der Waals surface area contributed by atoms with Crippen LogP contribution in [0.5, 0.6) is 0 Å². The van der Waals surface area contributed by atoms with Gasteiger partial charge in [0, 0.05) is 36.4 Å². The Hall–Kier alpha value is -3.46. The van der Waals surface area contributed by atoms with Crippen LogP contribution in [0.15, 0.2) is 53.3 Å². The first kappa shape index (κ1) is 24.2. The fourth-order valence-electron chi connectivity index (χ4n) is 3.38. The van der Waals surface area contributed by atoms with Crippen LogP contribution in [0.2, 0.25) is 0 Å². The minimum absolute atomic E-state index is 0.0515. The summed E-state index contributed by atoms with van der Waals surface area (Å²) in [6, 6.07) is 11.8. The molecule has 9 heteroatoms. The van der Waals surface area contributed by atoms with Crippen LogP contribution in [0.25, 0.3) is 11.4 Å². The van der Waals surface area contributed by atoms with Crippen molar-refractivity contribution < 1.29 is 23.1 Å². The molecule has 2 aromatic carbocycles. The number of aliphatic hydroxyl groups is 1. The summed E-state index contributed by atoms with van der Waals surface area (Å²) >= 11 is 0. The Balaban J connectivity index is 1.94. The number of amides is 1. The number of halogens is 3. The molecule has 0 aliphatic heterocycles. The van der Waals surface area contributed by atoms with Crippen molar-refractivity contribution in [2.24, 2.45) is 0 Å². The van der Waals surface area contributed by atoms with Gasteiger partial charge < -0.3 is 10.4 Å². The molecule has 2 N–H and O–H groups in total.